The van der Waals surface area contributed by atoms with Gasteiger partial charge in [0.25, 0.3) is 0 Å². The Balaban J connectivity index is 1.68. The first-order chi connectivity index (χ1) is 13.1. The molecule has 2 aromatic heterocycles. The van der Waals surface area contributed by atoms with Crippen molar-refractivity contribution in [3.63, 3.8) is 0 Å². The van der Waals surface area contributed by atoms with Gasteiger partial charge in [-0.2, -0.15) is 0 Å². The van der Waals surface area contributed by atoms with Gasteiger partial charge in [-0.3, -0.25) is 9.59 Å². The van der Waals surface area contributed by atoms with Crippen LogP contribution in [-0.2, 0) is 11.3 Å². The lowest BCUT2D eigenvalue weighted by Crippen LogP contribution is -2.48. The first-order valence-electron chi connectivity index (χ1n) is 9.53. The van der Waals surface area contributed by atoms with E-state index in [1.54, 1.807) is 0 Å². The van der Waals surface area contributed by atoms with Crippen molar-refractivity contribution in [3.8, 4) is 0 Å². The lowest BCUT2D eigenvalue weighted by Gasteiger charge is -2.39. The van der Waals surface area contributed by atoms with Gasteiger partial charge in [0.15, 0.2) is 0 Å². The summed E-state index contributed by atoms with van der Waals surface area (Å²) in [6, 6.07) is 12.1. The van der Waals surface area contributed by atoms with Gasteiger partial charge >= 0.3 is 0 Å². The van der Waals surface area contributed by atoms with Gasteiger partial charge in [0.1, 0.15) is 6.54 Å². The Morgan fingerprint density at radius 2 is 1.81 bits per heavy atom. The van der Waals surface area contributed by atoms with E-state index in [9.17, 15) is 9.59 Å². The lowest BCUT2D eigenvalue weighted by molar-refractivity contribution is -0.137. The highest BCUT2D eigenvalue weighted by atomic mass is 32.1. The van der Waals surface area contributed by atoms with E-state index in [-0.39, 0.29) is 30.3 Å². The van der Waals surface area contributed by atoms with Crippen LogP contribution in [-0.4, -0.2) is 33.2 Å². The van der Waals surface area contributed by atoms with Gasteiger partial charge in [-0.05, 0) is 50.6 Å². The summed E-state index contributed by atoms with van der Waals surface area (Å²) in [5.74, 6) is 0.151. The maximum absolute atomic E-state index is 13.1. The second-order valence-electron chi connectivity index (χ2n) is 7.42. The number of rotatable bonds is 4. The molecule has 0 unspecified atom stereocenters. The quantitative estimate of drug-likeness (QED) is 0.615. The molecule has 27 heavy (non-hydrogen) atoms. The SMILES string of the molecule is C[C@H]1CCC[C@H](C)N1C(=O)Cn1cc(C(=O)c2cccs2)c2ccccc21. The number of carbonyl (C=O) groups is 2. The molecule has 3 heterocycles. The van der Waals surface area contributed by atoms with E-state index in [1.165, 1.54) is 17.8 Å². The predicted molar refractivity (Wildman–Crippen MR) is 109 cm³/mol. The molecule has 1 aliphatic heterocycles. The number of hydrogen-bond acceptors (Lipinski definition) is 3. The van der Waals surface area contributed by atoms with Crippen LogP contribution in [0.4, 0.5) is 0 Å². The van der Waals surface area contributed by atoms with Crippen molar-refractivity contribution in [1.29, 1.82) is 0 Å². The molecule has 1 fully saturated rings. The number of carbonyl (C=O) groups excluding carboxylic acids is 2. The number of thiophene rings is 1. The van der Waals surface area contributed by atoms with Crippen LogP contribution in [0.3, 0.4) is 0 Å². The fourth-order valence-electron chi connectivity index (χ4n) is 4.24. The van der Waals surface area contributed by atoms with Gasteiger partial charge < -0.3 is 9.47 Å². The number of piperidine rings is 1. The summed E-state index contributed by atoms with van der Waals surface area (Å²) in [7, 11) is 0. The van der Waals surface area contributed by atoms with Crippen LogP contribution < -0.4 is 0 Å². The van der Waals surface area contributed by atoms with E-state index in [4.69, 9.17) is 0 Å². The fraction of sp³-hybridized carbons (Fsp3) is 0.364. The Kier molecular flexibility index (Phi) is 4.87. The number of amides is 1. The average Bonchev–Trinajstić information content (AvgIpc) is 3.30. The number of likely N-dealkylation sites (tertiary alicyclic amines) is 1. The Morgan fingerprint density at radius 1 is 1.07 bits per heavy atom. The molecule has 140 valence electrons. The van der Waals surface area contributed by atoms with E-state index < -0.39 is 0 Å². The molecule has 2 atom stereocenters. The smallest absolute Gasteiger partial charge is 0.242 e. The number of ketones is 1. The minimum absolute atomic E-state index is 0.0205. The predicted octanol–water partition coefficient (Wildman–Crippen LogP) is 4.72. The van der Waals surface area contributed by atoms with Crippen molar-refractivity contribution in [3.05, 3.63) is 58.4 Å². The van der Waals surface area contributed by atoms with Crippen molar-refractivity contribution in [1.82, 2.24) is 9.47 Å². The zero-order valence-corrected chi connectivity index (χ0v) is 16.5. The second-order valence-corrected chi connectivity index (χ2v) is 8.37. The highest BCUT2D eigenvalue weighted by Crippen LogP contribution is 2.27. The summed E-state index contributed by atoms with van der Waals surface area (Å²) in [4.78, 5) is 28.7. The number of benzene rings is 1. The fourth-order valence-corrected chi connectivity index (χ4v) is 4.92. The minimum Gasteiger partial charge on any atom is -0.337 e. The summed E-state index contributed by atoms with van der Waals surface area (Å²) in [6.45, 7) is 4.53. The molecular formula is C22H24N2O2S. The Morgan fingerprint density at radius 3 is 2.52 bits per heavy atom. The lowest BCUT2D eigenvalue weighted by atomic mass is 9.97. The summed E-state index contributed by atoms with van der Waals surface area (Å²) in [5.41, 5.74) is 1.60. The molecule has 1 amide bonds. The molecule has 0 radical (unpaired) electrons. The normalized spacial score (nSPS) is 20.1. The summed E-state index contributed by atoms with van der Waals surface area (Å²) < 4.78 is 1.94. The van der Waals surface area contributed by atoms with E-state index in [1.807, 2.05) is 57.4 Å². The van der Waals surface area contributed by atoms with Gasteiger partial charge in [-0.15, -0.1) is 11.3 Å². The van der Waals surface area contributed by atoms with Crippen LogP contribution in [0.25, 0.3) is 10.9 Å². The van der Waals surface area contributed by atoms with E-state index in [2.05, 4.69) is 13.8 Å². The maximum atomic E-state index is 13.1. The van der Waals surface area contributed by atoms with Crippen LogP contribution in [0.2, 0.25) is 0 Å². The number of nitrogens with zero attached hydrogens (tertiary/aromatic N) is 2. The van der Waals surface area contributed by atoms with Crippen molar-refractivity contribution in [2.75, 3.05) is 0 Å². The number of fused-ring (bicyclic) bond motifs is 1. The van der Waals surface area contributed by atoms with Crippen LogP contribution in [0.1, 0.15) is 48.3 Å². The maximum Gasteiger partial charge on any atom is 0.242 e. The van der Waals surface area contributed by atoms with Crippen molar-refractivity contribution < 1.29 is 9.59 Å². The first kappa shape index (κ1) is 18.0. The number of hydrogen-bond donors (Lipinski definition) is 0. The largest absolute Gasteiger partial charge is 0.337 e. The second kappa shape index (κ2) is 7.31. The molecule has 0 aliphatic carbocycles. The molecule has 1 aromatic carbocycles. The van der Waals surface area contributed by atoms with Crippen molar-refractivity contribution >= 4 is 33.9 Å². The number of aromatic nitrogens is 1. The standard InChI is InChI=1S/C22H24N2O2S/c1-15-7-5-8-16(2)24(15)21(25)14-23-13-18(17-9-3-4-10-19(17)23)22(26)20-11-6-12-27-20/h3-4,6,9-13,15-16H,5,7-8,14H2,1-2H3/t15-,16-/m0/s1. The van der Waals surface area contributed by atoms with E-state index >= 15 is 0 Å². The average molecular weight is 381 g/mol. The molecule has 3 aromatic rings. The van der Waals surface area contributed by atoms with Crippen molar-refractivity contribution in [2.24, 2.45) is 0 Å². The molecule has 5 heteroatoms. The summed E-state index contributed by atoms with van der Waals surface area (Å²) >= 11 is 1.45. The van der Waals surface area contributed by atoms with Gasteiger partial charge in [0.05, 0.1) is 4.88 Å². The third kappa shape index (κ3) is 3.32. The Hall–Kier alpha value is -2.40. The Labute approximate surface area is 163 Å². The molecule has 0 spiro atoms. The zero-order valence-electron chi connectivity index (χ0n) is 15.7. The molecule has 0 N–H and O–H groups in total. The topological polar surface area (TPSA) is 42.3 Å². The molecule has 1 aliphatic rings. The molecule has 0 bridgehead atoms. The third-order valence-corrected chi connectivity index (χ3v) is 6.43. The van der Waals surface area contributed by atoms with Crippen LogP contribution in [0, 0.1) is 0 Å². The first-order valence-corrected chi connectivity index (χ1v) is 10.4. The summed E-state index contributed by atoms with van der Waals surface area (Å²) in [5, 5.41) is 2.82. The minimum atomic E-state index is 0.0205. The molecule has 4 nitrogen and oxygen atoms in total. The van der Waals surface area contributed by atoms with Gasteiger partial charge in [-0.25, -0.2) is 0 Å². The Bertz CT molecular complexity index is 964. The van der Waals surface area contributed by atoms with E-state index in [0.717, 1.165) is 28.6 Å². The van der Waals surface area contributed by atoms with Crippen LogP contribution >= 0.6 is 11.3 Å². The third-order valence-electron chi connectivity index (χ3n) is 5.57. The van der Waals surface area contributed by atoms with Crippen LogP contribution in [0.15, 0.2) is 48.0 Å². The summed E-state index contributed by atoms with van der Waals surface area (Å²) in [6.07, 6.45) is 5.15. The van der Waals surface area contributed by atoms with Gasteiger partial charge in [0, 0.05) is 34.7 Å². The van der Waals surface area contributed by atoms with Crippen molar-refractivity contribution in [2.45, 2.75) is 51.7 Å². The van der Waals surface area contributed by atoms with E-state index in [0.29, 0.717) is 5.56 Å². The molecule has 4 rings (SSSR count). The highest BCUT2D eigenvalue weighted by molar-refractivity contribution is 7.12. The zero-order chi connectivity index (χ0) is 19.0. The molecule has 0 saturated carbocycles. The van der Waals surface area contributed by atoms with Gasteiger partial charge in [0.2, 0.25) is 11.7 Å². The molecular weight excluding hydrogens is 356 g/mol. The number of para-hydroxylation sites is 1. The highest BCUT2D eigenvalue weighted by Gasteiger charge is 2.29. The monoisotopic (exact) mass is 380 g/mol. The van der Waals surface area contributed by atoms with Crippen LogP contribution in [0.5, 0.6) is 0 Å². The molecule has 1 saturated heterocycles. The van der Waals surface area contributed by atoms with Gasteiger partial charge in [-0.1, -0.05) is 24.3 Å².